The first-order chi connectivity index (χ1) is 5.69. The standard InChI is InChI=1S/C8H17NO3/c1-5-8(10)6(9-2)4-7(11-3)12-5/h5-10H,4H2,1-3H3/t5-,6-,7-,8+/m0/s1. The average Bonchev–Trinajstić information content (AvgIpc) is 2.09. The van der Waals surface area contributed by atoms with Crippen LogP contribution in [0.5, 0.6) is 0 Å². The molecule has 12 heavy (non-hydrogen) atoms. The van der Waals surface area contributed by atoms with Crippen LogP contribution >= 0.6 is 0 Å². The minimum absolute atomic E-state index is 0.0682. The summed E-state index contributed by atoms with van der Waals surface area (Å²) in [7, 11) is 3.44. The summed E-state index contributed by atoms with van der Waals surface area (Å²) in [5.41, 5.74) is 0. The van der Waals surface area contributed by atoms with Crippen molar-refractivity contribution in [1.82, 2.24) is 5.32 Å². The van der Waals surface area contributed by atoms with E-state index >= 15 is 0 Å². The van der Waals surface area contributed by atoms with Gasteiger partial charge < -0.3 is 19.9 Å². The number of hydrogen-bond acceptors (Lipinski definition) is 4. The fraction of sp³-hybridized carbons (Fsp3) is 1.00. The van der Waals surface area contributed by atoms with Crippen molar-refractivity contribution in [2.45, 2.75) is 37.9 Å². The minimum Gasteiger partial charge on any atom is -0.389 e. The van der Waals surface area contributed by atoms with Gasteiger partial charge in [0.25, 0.3) is 0 Å². The summed E-state index contributed by atoms with van der Waals surface area (Å²) in [6, 6.07) is 0.0682. The Kier molecular flexibility index (Phi) is 3.46. The summed E-state index contributed by atoms with van der Waals surface area (Å²) in [4.78, 5) is 0. The zero-order valence-electron chi connectivity index (χ0n) is 7.78. The van der Waals surface area contributed by atoms with Crippen LogP contribution in [0.3, 0.4) is 0 Å². The van der Waals surface area contributed by atoms with E-state index in [2.05, 4.69) is 5.32 Å². The third-order valence-electron chi connectivity index (χ3n) is 2.34. The Morgan fingerprint density at radius 2 is 2.25 bits per heavy atom. The molecule has 0 aromatic heterocycles. The highest BCUT2D eigenvalue weighted by Crippen LogP contribution is 2.19. The van der Waals surface area contributed by atoms with Crippen molar-refractivity contribution in [3.63, 3.8) is 0 Å². The molecular formula is C8H17NO3. The number of hydrogen-bond donors (Lipinski definition) is 2. The molecule has 1 aliphatic rings. The Balaban J connectivity index is 2.52. The largest absolute Gasteiger partial charge is 0.389 e. The number of rotatable bonds is 2. The molecule has 1 fully saturated rings. The predicted octanol–water partition coefficient (Wildman–Crippen LogP) is -0.283. The van der Waals surface area contributed by atoms with Crippen molar-refractivity contribution in [1.29, 1.82) is 0 Å². The molecule has 4 nitrogen and oxygen atoms in total. The average molecular weight is 175 g/mol. The van der Waals surface area contributed by atoms with Gasteiger partial charge in [0.2, 0.25) is 0 Å². The van der Waals surface area contributed by atoms with Crippen molar-refractivity contribution in [2.24, 2.45) is 0 Å². The molecule has 0 saturated carbocycles. The molecule has 0 unspecified atom stereocenters. The lowest BCUT2D eigenvalue weighted by Crippen LogP contribution is -2.52. The second kappa shape index (κ2) is 4.18. The molecule has 1 rings (SSSR count). The Bertz CT molecular complexity index is 142. The maximum Gasteiger partial charge on any atom is 0.159 e. The lowest BCUT2D eigenvalue weighted by molar-refractivity contribution is -0.214. The molecule has 0 aromatic carbocycles. The van der Waals surface area contributed by atoms with Crippen LogP contribution in [0.15, 0.2) is 0 Å². The van der Waals surface area contributed by atoms with Crippen LogP contribution in [-0.4, -0.2) is 43.8 Å². The monoisotopic (exact) mass is 175 g/mol. The van der Waals surface area contributed by atoms with E-state index in [0.29, 0.717) is 6.42 Å². The first kappa shape index (κ1) is 9.92. The lowest BCUT2D eigenvalue weighted by atomic mass is 10.00. The number of nitrogens with one attached hydrogen (secondary N) is 1. The van der Waals surface area contributed by atoms with Gasteiger partial charge in [-0.3, -0.25) is 0 Å². The summed E-state index contributed by atoms with van der Waals surface area (Å²) in [6.07, 6.45) is -0.109. The van der Waals surface area contributed by atoms with E-state index in [0.717, 1.165) is 0 Å². The number of aliphatic hydroxyl groups excluding tert-OH is 1. The number of ether oxygens (including phenoxy) is 2. The van der Waals surface area contributed by atoms with E-state index in [9.17, 15) is 5.11 Å². The van der Waals surface area contributed by atoms with Gasteiger partial charge in [-0.1, -0.05) is 0 Å². The summed E-state index contributed by atoms with van der Waals surface area (Å²) in [5.74, 6) is 0. The van der Waals surface area contributed by atoms with Crippen molar-refractivity contribution in [3.8, 4) is 0 Å². The van der Waals surface area contributed by atoms with Gasteiger partial charge in [-0.15, -0.1) is 0 Å². The Labute approximate surface area is 72.9 Å². The Hall–Kier alpha value is -0.160. The first-order valence-electron chi connectivity index (χ1n) is 4.22. The van der Waals surface area contributed by atoms with Crippen molar-refractivity contribution >= 4 is 0 Å². The summed E-state index contributed by atoms with van der Waals surface area (Å²) in [6.45, 7) is 1.85. The molecule has 1 aliphatic heterocycles. The van der Waals surface area contributed by atoms with E-state index < -0.39 is 6.10 Å². The lowest BCUT2D eigenvalue weighted by Gasteiger charge is -2.36. The van der Waals surface area contributed by atoms with Crippen molar-refractivity contribution in [2.75, 3.05) is 14.2 Å². The topological polar surface area (TPSA) is 50.7 Å². The normalized spacial score (nSPS) is 43.0. The predicted molar refractivity (Wildman–Crippen MR) is 44.8 cm³/mol. The van der Waals surface area contributed by atoms with Gasteiger partial charge in [0, 0.05) is 19.6 Å². The third kappa shape index (κ3) is 1.95. The maximum absolute atomic E-state index is 9.61. The van der Waals surface area contributed by atoms with Crippen LogP contribution in [0.1, 0.15) is 13.3 Å². The molecule has 0 aliphatic carbocycles. The third-order valence-corrected chi connectivity index (χ3v) is 2.34. The van der Waals surface area contributed by atoms with Crippen molar-refractivity contribution < 1.29 is 14.6 Å². The van der Waals surface area contributed by atoms with Crippen LogP contribution in [0.25, 0.3) is 0 Å². The molecule has 0 bridgehead atoms. The SMILES string of the molecule is CN[C@H]1C[C@@H](OC)O[C@@H](C)[C@H]1O. The molecular weight excluding hydrogens is 158 g/mol. The van der Waals surface area contributed by atoms with Gasteiger partial charge in [0.1, 0.15) is 0 Å². The highest BCUT2D eigenvalue weighted by molar-refractivity contribution is 4.84. The molecule has 0 radical (unpaired) electrons. The second-order valence-electron chi connectivity index (χ2n) is 3.13. The van der Waals surface area contributed by atoms with Crippen LogP contribution in [0, 0.1) is 0 Å². The molecule has 72 valence electrons. The molecule has 4 atom stereocenters. The van der Waals surface area contributed by atoms with E-state index in [4.69, 9.17) is 9.47 Å². The molecule has 1 heterocycles. The van der Waals surface area contributed by atoms with E-state index in [1.54, 1.807) is 7.11 Å². The molecule has 0 amide bonds. The van der Waals surface area contributed by atoms with E-state index in [1.165, 1.54) is 0 Å². The number of methoxy groups -OCH3 is 1. The minimum atomic E-state index is -0.443. The first-order valence-corrected chi connectivity index (χ1v) is 4.22. The second-order valence-corrected chi connectivity index (χ2v) is 3.13. The molecule has 4 heteroatoms. The molecule has 0 spiro atoms. The van der Waals surface area contributed by atoms with E-state index in [-0.39, 0.29) is 18.4 Å². The smallest absolute Gasteiger partial charge is 0.159 e. The zero-order chi connectivity index (χ0) is 9.14. The molecule has 0 aromatic rings. The van der Waals surface area contributed by atoms with Gasteiger partial charge >= 0.3 is 0 Å². The number of likely N-dealkylation sites (N-methyl/N-ethyl adjacent to an activating group) is 1. The maximum atomic E-state index is 9.61. The Morgan fingerprint density at radius 3 is 2.75 bits per heavy atom. The van der Waals surface area contributed by atoms with Gasteiger partial charge in [-0.25, -0.2) is 0 Å². The van der Waals surface area contributed by atoms with Crippen LogP contribution in [0.4, 0.5) is 0 Å². The highest BCUT2D eigenvalue weighted by atomic mass is 16.7. The van der Waals surface area contributed by atoms with Crippen LogP contribution < -0.4 is 5.32 Å². The fourth-order valence-electron chi connectivity index (χ4n) is 1.49. The van der Waals surface area contributed by atoms with Gasteiger partial charge in [-0.05, 0) is 14.0 Å². The summed E-state index contributed by atoms with van der Waals surface area (Å²) in [5, 5.41) is 12.6. The zero-order valence-corrected chi connectivity index (χ0v) is 7.78. The van der Waals surface area contributed by atoms with Crippen molar-refractivity contribution in [3.05, 3.63) is 0 Å². The highest BCUT2D eigenvalue weighted by Gasteiger charge is 2.34. The van der Waals surface area contributed by atoms with Gasteiger partial charge in [0.05, 0.1) is 12.2 Å². The van der Waals surface area contributed by atoms with E-state index in [1.807, 2.05) is 14.0 Å². The number of aliphatic hydroxyl groups is 1. The Morgan fingerprint density at radius 1 is 1.58 bits per heavy atom. The van der Waals surface area contributed by atoms with Gasteiger partial charge in [-0.2, -0.15) is 0 Å². The summed E-state index contributed by atoms with van der Waals surface area (Å²) < 4.78 is 10.4. The van der Waals surface area contributed by atoms with Crippen LogP contribution in [-0.2, 0) is 9.47 Å². The summed E-state index contributed by atoms with van der Waals surface area (Å²) >= 11 is 0. The van der Waals surface area contributed by atoms with Gasteiger partial charge in [0.15, 0.2) is 6.29 Å². The fourth-order valence-corrected chi connectivity index (χ4v) is 1.49. The quantitative estimate of drug-likeness (QED) is 0.606. The molecule has 2 N–H and O–H groups in total. The molecule has 1 saturated heterocycles. The van der Waals surface area contributed by atoms with Crippen LogP contribution in [0.2, 0.25) is 0 Å².